The first-order chi connectivity index (χ1) is 20.0. The van der Waals surface area contributed by atoms with Crippen molar-refractivity contribution in [3.8, 4) is 23.0 Å². The molecule has 2 aliphatic rings. The van der Waals surface area contributed by atoms with Crippen LogP contribution in [0.15, 0.2) is 66.9 Å². The fourth-order valence-electron chi connectivity index (χ4n) is 5.28. The van der Waals surface area contributed by atoms with Gasteiger partial charge in [0.05, 0.1) is 14.2 Å². The predicted molar refractivity (Wildman–Crippen MR) is 154 cm³/mol. The monoisotopic (exact) mass is 555 g/mol. The number of aromatic nitrogens is 1. The summed E-state index contributed by atoms with van der Waals surface area (Å²) >= 11 is 0. The van der Waals surface area contributed by atoms with Crippen LogP contribution in [0.4, 0.5) is 0 Å². The summed E-state index contributed by atoms with van der Waals surface area (Å²) in [4.78, 5) is 34.4. The summed E-state index contributed by atoms with van der Waals surface area (Å²) in [7, 11) is 3.19. The minimum Gasteiger partial charge on any atom is -0.493 e. The number of hydrogen-bond acceptors (Lipinski definition) is 6. The molecule has 1 N–H and O–H groups in total. The van der Waals surface area contributed by atoms with Crippen molar-refractivity contribution in [1.82, 2.24) is 14.8 Å². The molecule has 0 bridgehead atoms. The highest BCUT2D eigenvalue weighted by Crippen LogP contribution is 2.35. The molecule has 0 atom stereocenters. The number of amides is 2. The minimum absolute atomic E-state index is 0.000877. The Bertz CT molecular complexity index is 1580. The Morgan fingerprint density at radius 2 is 1.76 bits per heavy atom. The van der Waals surface area contributed by atoms with Gasteiger partial charge in [-0.1, -0.05) is 24.3 Å². The fraction of sp³-hybridized carbons (Fsp3) is 0.312. The number of H-pyrrole nitrogens is 1. The quantitative estimate of drug-likeness (QED) is 0.286. The van der Waals surface area contributed by atoms with Crippen molar-refractivity contribution in [2.24, 2.45) is 0 Å². The summed E-state index contributed by atoms with van der Waals surface area (Å²) in [6.07, 6.45) is 4.44. The SMILES string of the molecule is COc1ccc(CN(CCc2c[nH]c3ccccc23)C(=O)CN(C(=O)c2ccc3c(c2)OCO3)C2CC2)cc1OC. The molecule has 9 heteroatoms. The van der Waals surface area contributed by atoms with Gasteiger partial charge >= 0.3 is 0 Å². The summed E-state index contributed by atoms with van der Waals surface area (Å²) < 4.78 is 21.8. The van der Waals surface area contributed by atoms with Crippen LogP contribution >= 0.6 is 0 Å². The van der Waals surface area contributed by atoms with Gasteiger partial charge in [0.1, 0.15) is 6.54 Å². The molecule has 212 valence electrons. The Morgan fingerprint density at radius 3 is 2.56 bits per heavy atom. The van der Waals surface area contributed by atoms with Crippen LogP contribution in [0.5, 0.6) is 23.0 Å². The van der Waals surface area contributed by atoms with E-state index in [0.29, 0.717) is 48.1 Å². The number of fused-ring (bicyclic) bond motifs is 2. The summed E-state index contributed by atoms with van der Waals surface area (Å²) in [6, 6.07) is 19.0. The third kappa shape index (κ3) is 5.66. The normalized spacial score (nSPS) is 13.7. The van der Waals surface area contributed by atoms with Gasteiger partial charge in [-0.25, -0.2) is 0 Å². The van der Waals surface area contributed by atoms with Crippen LogP contribution in [-0.2, 0) is 17.8 Å². The number of methoxy groups -OCH3 is 2. The van der Waals surface area contributed by atoms with E-state index in [9.17, 15) is 9.59 Å². The number of nitrogens with one attached hydrogen (secondary N) is 1. The maximum Gasteiger partial charge on any atom is 0.254 e. The highest BCUT2D eigenvalue weighted by Gasteiger charge is 2.36. The first kappa shape index (κ1) is 26.6. The van der Waals surface area contributed by atoms with Crippen LogP contribution in [0.2, 0.25) is 0 Å². The van der Waals surface area contributed by atoms with Crippen molar-refractivity contribution in [2.45, 2.75) is 31.8 Å². The fourth-order valence-corrected chi connectivity index (χ4v) is 5.28. The Balaban J connectivity index is 1.24. The molecule has 41 heavy (non-hydrogen) atoms. The first-order valence-electron chi connectivity index (χ1n) is 13.8. The van der Waals surface area contributed by atoms with Crippen LogP contribution in [0.25, 0.3) is 10.9 Å². The molecule has 1 fully saturated rings. The molecule has 4 aromatic rings. The zero-order chi connectivity index (χ0) is 28.3. The summed E-state index contributed by atoms with van der Waals surface area (Å²) in [5.74, 6) is 2.11. The van der Waals surface area contributed by atoms with Gasteiger partial charge in [-0.15, -0.1) is 0 Å². The predicted octanol–water partition coefficient (Wildman–Crippen LogP) is 4.79. The molecule has 9 nitrogen and oxygen atoms in total. The zero-order valence-corrected chi connectivity index (χ0v) is 23.2. The van der Waals surface area contributed by atoms with E-state index >= 15 is 0 Å². The van der Waals surface area contributed by atoms with Gasteiger partial charge in [-0.3, -0.25) is 9.59 Å². The number of hydrogen-bond donors (Lipinski definition) is 1. The Morgan fingerprint density at radius 1 is 0.951 bits per heavy atom. The molecule has 1 aliphatic heterocycles. The van der Waals surface area contributed by atoms with Crippen molar-refractivity contribution in [3.05, 3.63) is 83.6 Å². The van der Waals surface area contributed by atoms with Crippen molar-refractivity contribution < 1.29 is 28.5 Å². The molecule has 6 rings (SSSR count). The van der Waals surface area contributed by atoms with Crippen molar-refractivity contribution >= 4 is 22.7 Å². The van der Waals surface area contributed by atoms with E-state index in [-0.39, 0.29) is 31.2 Å². The molecule has 2 amide bonds. The Labute approximate surface area is 238 Å². The van der Waals surface area contributed by atoms with Gasteiger partial charge in [0.2, 0.25) is 12.7 Å². The second-order valence-electron chi connectivity index (χ2n) is 10.3. The molecule has 0 spiro atoms. The summed E-state index contributed by atoms with van der Waals surface area (Å²) in [5.41, 5.74) is 3.60. The third-order valence-corrected chi connectivity index (χ3v) is 7.67. The Kier molecular flexibility index (Phi) is 7.41. The number of carbonyl (C=O) groups excluding carboxylic acids is 2. The molecule has 1 aliphatic carbocycles. The molecular weight excluding hydrogens is 522 g/mol. The number of nitrogens with zero attached hydrogens (tertiary/aromatic N) is 2. The number of aromatic amines is 1. The number of para-hydroxylation sites is 1. The molecule has 2 heterocycles. The largest absolute Gasteiger partial charge is 0.493 e. The van der Waals surface area contributed by atoms with Gasteiger partial charge in [-0.2, -0.15) is 0 Å². The van der Waals surface area contributed by atoms with Crippen LogP contribution in [-0.4, -0.2) is 66.7 Å². The number of rotatable bonds is 11. The standard InChI is InChI=1S/C32H33N3O6/c1-38-27-11-7-21(15-29(27)39-2)18-34(14-13-23-17-33-26-6-4-3-5-25(23)26)31(36)19-35(24-9-10-24)32(37)22-8-12-28-30(16-22)41-20-40-28/h3-8,11-12,15-17,24,33H,9-10,13-14,18-20H2,1-2H3. The second kappa shape index (κ2) is 11.4. The zero-order valence-electron chi connectivity index (χ0n) is 23.2. The lowest BCUT2D eigenvalue weighted by molar-refractivity contribution is -0.132. The van der Waals surface area contributed by atoms with Crippen LogP contribution in [0.1, 0.15) is 34.3 Å². The maximum absolute atomic E-state index is 13.9. The van der Waals surface area contributed by atoms with Gasteiger partial charge < -0.3 is 33.7 Å². The van der Waals surface area contributed by atoms with E-state index in [1.807, 2.05) is 47.5 Å². The van der Waals surface area contributed by atoms with E-state index in [0.717, 1.165) is 34.9 Å². The average molecular weight is 556 g/mol. The molecule has 1 saturated carbocycles. The lowest BCUT2D eigenvalue weighted by Crippen LogP contribution is -2.44. The van der Waals surface area contributed by atoms with Crippen molar-refractivity contribution in [3.63, 3.8) is 0 Å². The molecule has 1 aromatic heterocycles. The highest BCUT2D eigenvalue weighted by atomic mass is 16.7. The van der Waals surface area contributed by atoms with Crippen LogP contribution < -0.4 is 18.9 Å². The summed E-state index contributed by atoms with van der Waals surface area (Å²) in [6.45, 7) is 1.00. The molecule has 0 saturated heterocycles. The van der Waals surface area contributed by atoms with Gasteiger partial charge in [0.15, 0.2) is 23.0 Å². The number of carbonyl (C=O) groups is 2. The van der Waals surface area contributed by atoms with Gasteiger partial charge in [0.25, 0.3) is 5.91 Å². The lowest BCUT2D eigenvalue weighted by Gasteiger charge is -2.28. The van der Waals surface area contributed by atoms with Crippen LogP contribution in [0.3, 0.4) is 0 Å². The van der Waals surface area contributed by atoms with Crippen LogP contribution in [0, 0.1) is 0 Å². The van der Waals surface area contributed by atoms with Crippen molar-refractivity contribution in [2.75, 3.05) is 34.1 Å². The molecule has 0 unspecified atom stereocenters. The van der Waals surface area contributed by atoms with Gasteiger partial charge in [-0.05, 0) is 66.8 Å². The maximum atomic E-state index is 13.9. The average Bonchev–Trinajstić information content (AvgIpc) is 3.59. The van der Waals surface area contributed by atoms with E-state index < -0.39 is 0 Å². The topological polar surface area (TPSA) is 93.3 Å². The van der Waals surface area contributed by atoms with Crippen molar-refractivity contribution in [1.29, 1.82) is 0 Å². The molecule has 0 radical (unpaired) electrons. The smallest absolute Gasteiger partial charge is 0.254 e. The highest BCUT2D eigenvalue weighted by molar-refractivity contribution is 5.97. The van der Waals surface area contributed by atoms with E-state index in [2.05, 4.69) is 11.1 Å². The van der Waals surface area contributed by atoms with Gasteiger partial charge in [0, 0.05) is 41.8 Å². The summed E-state index contributed by atoms with van der Waals surface area (Å²) in [5, 5.41) is 1.14. The number of ether oxygens (including phenoxy) is 4. The lowest BCUT2D eigenvalue weighted by atomic mass is 10.1. The second-order valence-corrected chi connectivity index (χ2v) is 10.3. The number of benzene rings is 3. The van der Waals surface area contributed by atoms with E-state index in [1.54, 1.807) is 37.3 Å². The molecular formula is C32H33N3O6. The first-order valence-corrected chi connectivity index (χ1v) is 13.8. The van der Waals surface area contributed by atoms with E-state index in [1.165, 1.54) is 0 Å². The third-order valence-electron chi connectivity index (χ3n) is 7.67. The van der Waals surface area contributed by atoms with E-state index in [4.69, 9.17) is 18.9 Å². The minimum atomic E-state index is -0.179. The Hall–Kier alpha value is -4.66. The molecule has 3 aromatic carbocycles.